The van der Waals surface area contributed by atoms with Gasteiger partial charge in [-0.25, -0.2) is 0 Å². The Labute approximate surface area is 118 Å². The minimum Gasteiger partial charge on any atom is -0.353 e. The van der Waals surface area contributed by atoms with Gasteiger partial charge in [-0.15, -0.1) is 0 Å². The Hall–Kier alpha value is -2.03. The third-order valence-corrected chi connectivity index (χ3v) is 4.44. The van der Waals surface area contributed by atoms with Crippen LogP contribution < -0.4 is 0 Å². The number of nitrogens with one attached hydrogen (secondary N) is 2. The third-order valence-electron chi connectivity index (χ3n) is 4.44. The van der Waals surface area contributed by atoms with Crippen LogP contribution in [0.25, 0.3) is 22.3 Å². The van der Waals surface area contributed by atoms with Gasteiger partial charge in [-0.3, -0.25) is 5.10 Å². The monoisotopic (exact) mass is 265 g/mol. The van der Waals surface area contributed by atoms with E-state index in [1.807, 2.05) is 0 Å². The summed E-state index contributed by atoms with van der Waals surface area (Å²) in [4.78, 5) is 3.49. The summed E-state index contributed by atoms with van der Waals surface area (Å²) in [5.74, 6) is 0. The van der Waals surface area contributed by atoms with Crippen LogP contribution in [0, 0.1) is 5.41 Å². The first kappa shape index (κ1) is 11.8. The number of rotatable bonds is 1. The Kier molecular flexibility index (Phi) is 2.34. The zero-order valence-electron chi connectivity index (χ0n) is 12.0. The van der Waals surface area contributed by atoms with Crippen LogP contribution in [0.15, 0.2) is 30.3 Å². The van der Waals surface area contributed by atoms with E-state index in [1.165, 1.54) is 28.6 Å². The average Bonchev–Trinajstić information content (AvgIpc) is 2.99. The van der Waals surface area contributed by atoms with Gasteiger partial charge in [-0.05, 0) is 36.8 Å². The normalized spacial score (nSPS) is 17.3. The molecule has 4 rings (SSSR count). The van der Waals surface area contributed by atoms with E-state index >= 15 is 0 Å². The topological polar surface area (TPSA) is 44.5 Å². The smallest absolute Gasteiger partial charge is 0.112 e. The SMILES string of the molecule is CC1(C)CCc2c(-c3cc4ccccc4[nH]3)n[nH]c2C1. The van der Waals surface area contributed by atoms with Gasteiger partial charge in [0.1, 0.15) is 5.69 Å². The molecule has 0 unspecified atom stereocenters. The van der Waals surface area contributed by atoms with E-state index in [1.54, 1.807) is 0 Å². The van der Waals surface area contributed by atoms with Crippen molar-refractivity contribution >= 4 is 10.9 Å². The average molecular weight is 265 g/mol. The van der Waals surface area contributed by atoms with Gasteiger partial charge >= 0.3 is 0 Å². The van der Waals surface area contributed by atoms with Gasteiger partial charge in [0.25, 0.3) is 0 Å². The van der Waals surface area contributed by atoms with Crippen molar-refractivity contribution < 1.29 is 0 Å². The van der Waals surface area contributed by atoms with Crippen LogP contribution in [0.2, 0.25) is 0 Å². The van der Waals surface area contributed by atoms with Crippen molar-refractivity contribution in [1.82, 2.24) is 15.2 Å². The lowest BCUT2D eigenvalue weighted by molar-refractivity contribution is 0.312. The Morgan fingerprint density at radius 3 is 2.90 bits per heavy atom. The minimum atomic E-state index is 0.386. The van der Waals surface area contributed by atoms with E-state index in [0.29, 0.717) is 5.41 Å². The van der Waals surface area contributed by atoms with Crippen molar-refractivity contribution in [2.24, 2.45) is 5.41 Å². The summed E-state index contributed by atoms with van der Waals surface area (Å²) < 4.78 is 0. The molecular weight excluding hydrogens is 246 g/mol. The van der Waals surface area contributed by atoms with E-state index in [-0.39, 0.29) is 0 Å². The Bertz CT molecular complexity index is 743. The predicted molar refractivity (Wildman–Crippen MR) is 81.7 cm³/mol. The maximum Gasteiger partial charge on any atom is 0.112 e. The molecule has 3 nitrogen and oxygen atoms in total. The van der Waals surface area contributed by atoms with Crippen LogP contribution in [-0.2, 0) is 12.8 Å². The first-order valence-corrected chi connectivity index (χ1v) is 7.27. The van der Waals surface area contributed by atoms with E-state index in [2.05, 4.69) is 59.4 Å². The summed E-state index contributed by atoms with van der Waals surface area (Å²) in [6.45, 7) is 4.67. The number of H-pyrrole nitrogens is 2. The molecule has 3 heteroatoms. The quantitative estimate of drug-likeness (QED) is 0.684. The highest BCUT2D eigenvalue weighted by molar-refractivity contribution is 5.85. The second-order valence-electron chi connectivity index (χ2n) is 6.64. The van der Waals surface area contributed by atoms with Crippen LogP contribution >= 0.6 is 0 Å². The summed E-state index contributed by atoms with van der Waals surface area (Å²) in [5, 5.41) is 9.07. The zero-order valence-corrected chi connectivity index (χ0v) is 12.0. The number of benzene rings is 1. The molecule has 2 N–H and O–H groups in total. The standard InChI is InChI=1S/C17H19N3/c1-17(2)8-7-12-15(10-17)19-20-16(12)14-9-11-5-3-4-6-13(11)18-14/h3-6,9,18H,7-8,10H2,1-2H3,(H,19,20). The van der Waals surface area contributed by atoms with Crippen molar-refractivity contribution in [3.05, 3.63) is 41.6 Å². The van der Waals surface area contributed by atoms with Crippen LogP contribution in [0.5, 0.6) is 0 Å². The molecule has 0 bridgehead atoms. The van der Waals surface area contributed by atoms with Gasteiger partial charge in [0.2, 0.25) is 0 Å². The second-order valence-corrected chi connectivity index (χ2v) is 6.64. The summed E-state index contributed by atoms with van der Waals surface area (Å²) in [6, 6.07) is 10.6. The van der Waals surface area contributed by atoms with Gasteiger partial charge in [0.15, 0.2) is 0 Å². The van der Waals surface area contributed by atoms with Crippen molar-refractivity contribution in [1.29, 1.82) is 0 Å². The molecule has 1 aromatic carbocycles. The highest BCUT2D eigenvalue weighted by Gasteiger charge is 2.29. The van der Waals surface area contributed by atoms with E-state index in [4.69, 9.17) is 0 Å². The molecule has 1 aliphatic rings. The fourth-order valence-electron chi connectivity index (χ4n) is 3.27. The highest BCUT2D eigenvalue weighted by Crippen LogP contribution is 2.37. The lowest BCUT2D eigenvalue weighted by Gasteiger charge is -2.28. The molecule has 1 aliphatic carbocycles. The van der Waals surface area contributed by atoms with Crippen molar-refractivity contribution in [3.63, 3.8) is 0 Å². The maximum absolute atomic E-state index is 4.57. The maximum atomic E-state index is 4.57. The summed E-state index contributed by atoms with van der Waals surface area (Å²) in [6.07, 6.45) is 3.44. The lowest BCUT2D eigenvalue weighted by Crippen LogP contribution is -2.21. The first-order valence-electron chi connectivity index (χ1n) is 7.27. The first-order chi connectivity index (χ1) is 9.62. The number of aromatic amines is 2. The molecule has 102 valence electrons. The van der Waals surface area contributed by atoms with Gasteiger partial charge in [-0.1, -0.05) is 32.0 Å². The molecular formula is C17H19N3. The van der Waals surface area contributed by atoms with Crippen LogP contribution in [0.1, 0.15) is 31.5 Å². The van der Waals surface area contributed by atoms with E-state index in [0.717, 1.165) is 24.2 Å². The van der Waals surface area contributed by atoms with Crippen LogP contribution in [0.3, 0.4) is 0 Å². The molecule has 3 aromatic rings. The summed E-state index contributed by atoms with van der Waals surface area (Å²) in [7, 11) is 0. The number of nitrogens with zero attached hydrogens (tertiary/aromatic N) is 1. The molecule has 0 spiro atoms. The molecule has 2 heterocycles. The minimum absolute atomic E-state index is 0.386. The van der Waals surface area contributed by atoms with E-state index in [9.17, 15) is 0 Å². The van der Waals surface area contributed by atoms with Crippen molar-refractivity contribution in [3.8, 4) is 11.4 Å². The lowest BCUT2D eigenvalue weighted by atomic mass is 9.76. The number of hydrogen-bond acceptors (Lipinski definition) is 1. The molecule has 0 aliphatic heterocycles. The number of hydrogen-bond donors (Lipinski definition) is 2. The highest BCUT2D eigenvalue weighted by atomic mass is 15.1. The summed E-state index contributed by atoms with van der Waals surface area (Å²) in [5.41, 5.74) is 6.51. The third kappa shape index (κ3) is 1.77. The fourth-order valence-corrected chi connectivity index (χ4v) is 3.27. The number of para-hydroxylation sites is 1. The van der Waals surface area contributed by atoms with Gasteiger partial charge < -0.3 is 4.98 Å². The molecule has 0 fully saturated rings. The predicted octanol–water partition coefficient (Wildman–Crippen LogP) is 4.07. The van der Waals surface area contributed by atoms with E-state index < -0.39 is 0 Å². The van der Waals surface area contributed by atoms with Crippen molar-refractivity contribution in [2.75, 3.05) is 0 Å². The molecule has 0 saturated heterocycles. The zero-order chi connectivity index (χ0) is 13.7. The summed E-state index contributed by atoms with van der Waals surface area (Å²) >= 11 is 0. The molecule has 0 saturated carbocycles. The van der Waals surface area contributed by atoms with Crippen LogP contribution in [0.4, 0.5) is 0 Å². The van der Waals surface area contributed by atoms with Crippen molar-refractivity contribution in [2.45, 2.75) is 33.1 Å². The van der Waals surface area contributed by atoms with Gasteiger partial charge in [0, 0.05) is 22.2 Å². The van der Waals surface area contributed by atoms with Gasteiger partial charge in [-0.2, -0.15) is 5.10 Å². The Balaban J connectivity index is 1.82. The second kappa shape index (κ2) is 3.98. The number of aromatic nitrogens is 3. The Morgan fingerprint density at radius 2 is 2.05 bits per heavy atom. The molecule has 0 radical (unpaired) electrons. The molecule has 0 atom stereocenters. The molecule has 20 heavy (non-hydrogen) atoms. The van der Waals surface area contributed by atoms with Crippen LogP contribution in [-0.4, -0.2) is 15.2 Å². The van der Waals surface area contributed by atoms with Gasteiger partial charge in [0.05, 0.1) is 5.69 Å². The Morgan fingerprint density at radius 1 is 1.20 bits per heavy atom. The largest absolute Gasteiger partial charge is 0.353 e. The number of fused-ring (bicyclic) bond motifs is 2. The molecule has 2 aromatic heterocycles. The molecule has 0 amide bonds. The fraction of sp³-hybridized carbons (Fsp3) is 0.353.